The molecule has 2 aliphatic heterocycles. The van der Waals surface area contributed by atoms with Crippen LogP contribution in [0.25, 0.3) is 0 Å². The van der Waals surface area contributed by atoms with Crippen LogP contribution in [0.5, 0.6) is 0 Å². The summed E-state index contributed by atoms with van der Waals surface area (Å²) in [5.41, 5.74) is 2.61. The number of carbonyl (C=O) groups is 2. The average Bonchev–Trinajstić information content (AvgIpc) is 3.10. The number of allylic oxidation sites excluding steroid dienone is 2. The third-order valence-electron chi connectivity index (χ3n) is 7.22. The zero-order chi connectivity index (χ0) is 29.6. The third kappa shape index (κ3) is 9.55. The number of ether oxygens (including phenoxy) is 2. The number of esters is 2. The smallest absolute Gasteiger partial charge is 0.336 e. The summed E-state index contributed by atoms with van der Waals surface area (Å²) in [4.78, 5) is 42.3. The van der Waals surface area contributed by atoms with Crippen LogP contribution in [0.4, 0.5) is 5.69 Å². The minimum atomic E-state index is -0.880. The van der Waals surface area contributed by atoms with E-state index in [0.717, 1.165) is 51.3 Å². The third-order valence-corrected chi connectivity index (χ3v) is 7.22. The lowest BCUT2D eigenvalue weighted by atomic mass is 9.80. The topological polar surface area (TPSA) is 114 Å². The van der Waals surface area contributed by atoms with Crippen molar-refractivity contribution in [1.82, 2.24) is 15.1 Å². The number of benzene rings is 1. The molecular weight excluding hydrogens is 583 g/mol. The summed E-state index contributed by atoms with van der Waals surface area (Å²) in [5, 5.41) is 14.6. The number of halogens is 2. The van der Waals surface area contributed by atoms with Crippen molar-refractivity contribution in [1.29, 1.82) is 0 Å². The first-order valence-corrected chi connectivity index (χ1v) is 13.6. The molecule has 234 valence electrons. The Bertz CT molecular complexity index is 1230. The zero-order valence-corrected chi connectivity index (χ0v) is 27.0. The minimum Gasteiger partial charge on any atom is -0.466 e. The lowest BCUT2D eigenvalue weighted by Crippen LogP contribution is -2.40. The maximum absolute atomic E-state index is 13.7. The van der Waals surface area contributed by atoms with Gasteiger partial charge in [0.15, 0.2) is 0 Å². The number of rotatable bonds is 10. The van der Waals surface area contributed by atoms with Gasteiger partial charge < -0.3 is 19.7 Å². The normalized spacial score (nSPS) is 18.2. The van der Waals surface area contributed by atoms with E-state index in [2.05, 4.69) is 35.5 Å². The highest BCUT2D eigenvalue weighted by Gasteiger charge is 2.39. The molecule has 2 aliphatic rings. The summed E-state index contributed by atoms with van der Waals surface area (Å²) < 4.78 is 10.9. The van der Waals surface area contributed by atoms with Crippen molar-refractivity contribution in [2.75, 3.05) is 53.0 Å². The Morgan fingerprint density at radius 3 is 2.26 bits per heavy atom. The maximum Gasteiger partial charge on any atom is 0.336 e. The molecule has 1 N–H and O–H groups in total. The quantitative estimate of drug-likeness (QED) is 0.166. The average molecular weight is 628 g/mol. The molecule has 0 bridgehead atoms. The van der Waals surface area contributed by atoms with Crippen LogP contribution in [0.15, 0.2) is 59.0 Å². The van der Waals surface area contributed by atoms with Gasteiger partial charge in [-0.25, -0.2) is 9.59 Å². The Hall–Kier alpha value is -2.92. The summed E-state index contributed by atoms with van der Waals surface area (Å²) in [6, 6.07) is 5.96. The molecule has 0 radical (unpaired) electrons. The molecular formula is C30H44Cl2N4O6. The van der Waals surface area contributed by atoms with Crippen molar-refractivity contribution in [3.05, 3.63) is 74.6 Å². The first kappa shape index (κ1) is 37.1. The molecule has 0 saturated carbocycles. The van der Waals surface area contributed by atoms with Gasteiger partial charge in [-0.05, 0) is 45.8 Å². The van der Waals surface area contributed by atoms with Crippen LogP contribution in [0.1, 0.15) is 52.5 Å². The van der Waals surface area contributed by atoms with Crippen LogP contribution in [-0.2, 0) is 19.1 Å². The first-order valence-electron chi connectivity index (χ1n) is 13.6. The number of nitro groups is 1. The standard InChI is InChI=1S/C30H42N4O6.2ClH/c1-20(2)17-32-12-9-13-33(15-14-32)18-30(5,6)19-40-29(36)26-22(4)31-21(3)25(28(35)39-7)27(26)23-10-8-11-24(16-23)34(37)38;;/h8,10-11,16,27,31H,1,9,12-15,17-19H2,2-7H3;2*1H. The fourth-order valence-electron chi connectivity index (χ4n) is 5.51. The Kier molecular flexibility index (Phi) is 14.2. The van der Waals surface area contributed by atoms with Crippen molar-refractivity contribution in [3.63, 3.8) is 0 Å². The molecule has 1 aromatic rings. The van der Waals surface area contributed by atoms with Gasteiger partial charge >= 0.3 is 11.9 Å². The van der Waals surface area contributed by atoms with Crippen LogP contribution in [0.2, 0.25) is 0 Å². The number of carbonyl (C=O) groups excluding carboxylic acids is 2. The van der Waals surface area contributed by atoms with E-state index in [1.807, 2.05) is 6.92 Å². The maximum atomic E-state index is 13.7. The molecule has 1 fully saturated rings. The van der Waals surface area contributed by atoms with Crippen molar-refractivity contribution in [3.8, 4) is 0 Å². The highest BCUT2D eigenvalue weighted by atomic mass is 35.5. The van der Waals surface area contributed by atoms with Gasteiger partial charge in [0, 0.05) is 55.1 Å². The van der Waals surface area contributed by atoms with E-state index in [0.29, 0.717) is 17.0 Å². The fraction of sp³-hybridized carbons (Fsp3) is 0.533. The summed E-state index contributed by atoms with van der Waals surface area (Å²) in [5.74, 6) is -2.08. The van der Waals surface area contributed by atoms with Crippen molar-refractivity contribution < 1.29 is 24.0 Å². The van der Waals surface area contributed by atoms with Gasteiger partial charge in [0.05, 0.1) is 35.7 Å². The number of methoxy groups -OCH3 is 1. The predicted octanol–water partition coefficient (Wildman–Crippen LogP) is 5.00. The Labute approximate surface area is 261 Å². The number of hydrogen-bond donors (Lipinski definition) is 1. The molecule has 10 nitrogen and oxygen atoms in total. The lowest BCUT2D eigenvalue weighted by Gasteiger charge is -2.33. The van der Waals surface area contributed by atoms with E-state index in [1.165, 1.54) is 19.2 Å². The van der Waals surface area contributed by atoms with E-state index in [1.54, 1.807) is 26.0 Å². The van der Waals surface area contributed by atoms with Crippen molar-refractivity contribution >= 4 is 42.4 Å². The number of non-ortho nitro benzene ring substituents is 1. The number of nitro benzene ring substituents is 1. The first-order chi connectivity index (χ1) is 18.8. The van der Waals surface area contributed by atoms with Crippen LogP contribution >= 0.6 is 24.8 Å². The Morgan fingerprint density at radius 1 is 1.07 bits per heavy atom. The molecule has 42 heavy (non-hydrogen) atoms. The second-order valence-corrected chi connectivity index (χ2v) is 11.6. The number of hydrogen-bond acceptors (Lipinski definition) is 9. The predicted molar refractivity (Wildman–Crippen MR) is 168 cm³/mol. The van der Waals surface area contributed by atoms with Crippen molar-refractivity contribution in [2.24, 2.45) is 5.41 Å². The Morgan fingerprint density at radius 2 is 1.67 bits per heavy atom. The van der Waals surface area contributed by atoms with Crippen molar-refractivity contribution in [2.45, 2.75) is 47.0 Å². The largest absolute Gasteiger partial charge is 0.466 e. The second-order valence-electron chi connectivity index (χ2n) is 11.6. The summed E-state index contributed by atoms with van der Waals surface area (Å²) in [6.45, 7) is 19.4. The molecule has 1 aromatic carbocycles. The molecule has 1 atom stereocenters. The van der Waals surface area contributed by atoms with Gasteiger partial charge in [0.25, 0.3) is 5.69 Å². The van der Waals surface area contributed by atoms with Crippen LogP contribution in [0.3, 0.4) is 0 Å². The van der Waals surface area contributed by atoms with Crippen LogP contribution < -0.4 is 5.32 Å². The molecule has 3 rings (SSSR count). The summed E-state index contributed by atoms with van der Waals surface area (Å²) in [7, 11) is 1.26. The van der Waals surface area contributed by atoms with Gasteiger partial charge in [-0.1, -0.05) is 38.1 Å². The molecule has 0 amide bonds. The second kappa shape index (κ2) is 16.1. The van der Waals surface area contributed by atoms with Crippen LogP contribution in [0, 0.1) is 15.5 Å². The minimum absolute atomic E-state index is 0. The SMILES string of the molecule is C=C(C)CN1CCCN(CC(C)(C)COC(=O)C2=C(C)NC(C)=C(C(=O)OC)C2c2cccc([N+](=O)[O-])c2)CC1.Cl.Cl. The van der Waals surface area contributed by atoms with Crippen LogP contribution in [-0.4, -0.2) is 79.6 Å². The molecule has 12 heteroatoms. The monoisotopic (exact) mass is 626 g/mol. The molecule has 0 spiro atoms. The molecule has 1 saturated heterocycles. The number of dihydropyridines is 1. The molecule has 0 aliphatic carbocycles. The van der Waals surface area contributed by atoms with E-state index >= 15 is 0 Å². The summed E-state index contributed by atoms with van der Waals surface area (Å²) in [6.07, 6.45) is 1.06. The Balaban J connectivity index is 0.00000441. The van der Waals surface area contributed by atoms with Gasteiger partial charge in [0.2, 0.25) is 0 Å². The van der Waals surface area contributed by atoms with E-state index in [4.69, 9.17) is 9.47 Å². The number of nitrogens with zero attached hydrogens (tertiary/aromatic N) is 3. The van der Waals surface area contributed by atoms with E-state index < -0.39 is 22.8 Å². The highest BCUT2D eigenvalue weighted by Crippen LogP contribution is 2.40. The van der Waals surface area contributed by atoms with E-state index in [9.17, 15) is 19.7 Å². The summed E-state index contributed by atoms with van der Waals surface area (Å²) >= 11 is 0. The molecule has 1 unspecified atom stereocenters. The highest BCUT2D eigenvalue weighted by molar-refractivity contribution is 5.99. The van der Waals surface area contributed by atoms with Gasteiger partial charge in [-0.15, -0.1) is 24.8 Å². The number of nitrogens with one attached hydrogen (secondary N) is 1. The molecule has 0 aromatic heterocycles. The zero-order valence-electron chi connectivity index (χ0n) is 25.4. The molecule has 2 heterocycles. The lowest BCUT2D eigenvalue weighted by molar-refractivity contribution is -0.384. The van der Waals surface area contributed by atoms with Gasteiger partial charge in [-0.3, -0.25) is 15.0 Å². The fourth-order valence-corrected chi connectivity index (χ4v) is 5.51. The van der Waals surface area contributed by atoms with E-state index in [-0.39, 0.29) is 53.7 Å². The van der Waals surface area contributed by atoms with Gasteiger partial charge in [0.1, 0.15) is 0 Å². The van der Waals surface area contributed by atoms with Gasteiger partial charge in [-0.2, -0.15) is 0 Å².